The Morgan fingerprint density at radius 3 is 2.32 bits per heavy atom. The quantitative estimate of drug-likeness (QED) is 0.501. The monoisotopic (exact) mass is 438 g/mol. The van der Waals surface area contributed by atoms with Crippen molar-refractivity contribution in [2.45, 2.75) is 81.1 Å². The Hall–Kier alpha value is -0.280. The fourth-order valence-corrected chi connectivity index (χ4v) is 11.6. The van der Waals surface area contributed by atoms with Crippen LogP contribution in [0.2, 0.25) is 0 Å². The van der Waals surface area contributed by atoms with E-state index in [1.165, 1.54) is 0 Å². The third kappa shape index (κ3) is 1.80. The van der Waals surface area contributed by atoms with Gasteiger partial charge in [0.2, 0.25) is 0 Å². The molecule has 0 aromatic heterocycles. The number of aliphatic hydroxyl groups is 4. The number of rotatable bonds is 5. The molecule has 0 aromatic rings. The molecule has 7 nitrogen and oxygen atoms in total. The molecule has 0 aromatic carbocycles. The maximum absolute atomic E-state index is 12.7. The van der Waals surface area contributed by atoms with Gasteiger partial charge in [0, 0.05) is 62.3 Å². The molecule has 31 heavy (non-hydrogen) atoms. The summed E-state index contributed by atoms with van der Waals surface area (Å²) in [4.78, 5) is 0. The van der Waals surface area contributed by atoms with Crippen LogP contribution in [0.1, 0.15) is 45.4 Å². The van der Waals surface area contributed by atoms with Crippen molar-refractivity contribution in [1.29, 1.82) is 0 Å². The van der Waals surface area contributed by atoms with Gasteiger partial charge in [-0.1, -0.05) is 6.92 Å². The number of fused-ring (bicyclic) bond motifs is 2. The van der Waals surface area contributed by atoms with Crippen LogP contribution in [0.5, 0.6) is 0 Å². The Labute approximate surface area is 184 Å². The Kier molecular flexibility index (Phi) is 4.14. The third-order valence-electron chi connectivity index (χ3n) is 11.6. The molecule has 6 aliphatic carbocycles. The van der Waals surface area contributed by atoms with Crippen LogP contribution in [-0.4, -0.2) is 84.0 Å². The normalized spacial score (nSPS) is 65.4. The highest BCUT2D eigenvalue weighted by molar-refractivity contribution is 5.43. The molecule has 6 aliphatic rings. The number of hydrogen-bond donors (Lipinski definition) is 4. The van der Waals surface area contributed by atoms with Crippen molar-refractivity contribution in [1.82, 2.24) is 0 Å². The lowest BCUT2D eigenvalue weighted by Gasteiger charge is -2.66. The maximum atomic E-state index is 12.7. The molecule has 13 atom stereocenters. The second kappa shape index (κ2) is 6.04. The first-order valence-corrected chi connectivity index (χ1v) is 12.0. The Morgan fingerprint density at radius 1 is 0.968 bits per heavy atom. The highest BCUT2D eigenvalue weighted by Gasteiger charge is 2.95. The fraction of sp³-hybridized carbons (Fsp3) is 1.00. The van der Waals surface area contributed by atoms with Crippen LogP contribution in [0.25, 0.3) is 0 Å². The third-order valence-corrected chi connectivity index (χ3v) is 11.6. The van der Waals surface area contributed by atoms with Gasteiger partial charge >= 0.3 is 0 Å². The van der Waals surface area contributed by atoms with E-state index < -0.39 is 40.2 Å². The predicted octanol–water partition coefficient (Wildman–Crippen LogP) is 0.713. The predicted molar refractivity (Wildman–Crippen MR) is 110 cm³/mol. The second-order valence-corrected chi connectivity index (χ2v) is 11.8. The summed E-state index contributed by atoms with van der Waals surface area (Å²) < 4.78 is 17.7. The molecule has 0 aliphatic heterocycles. The van der Waals surface area contributed by atoms with Gasteiger partial charge in [-0.05, 0) is 37.5 Å². The van der Waals surface area contributed by atoms with Crippen LogP contribution in [0, 0.1) is 39.9 Å². The van der Waals surface area contributed by atoms with Gasteiger partial charge in [-0.25, -0.2) is 0 Å². The van der Waals surface area contributed by atoms with E-state index >= 15 is 0 Å². The minimum Gasteiger partial charge on any atom is -0.392 e. The zero-order chi connectivity index (χ0) is 22.2. The van der Waals surface area contributed by atoms with E-state index in [1.807, 2.05) is 0 Å². The van der Waals surface area contributed by atoms with E-state index in [0.717, 1.165) is 19.3 Å². The van der Waals surface area contributed by atoms with Crippen molar-refractivity contribution in [2.75, 3.05) is 27.9 Å². The number of methoxy groups -OCH3 is 3. The van der Waals surface area contributed by atoms with Crippen molar-refractivity contribution in [2.24, 2.45) is 39.9 Å². The molecule has 176 valence electrons. The summed E-state index contributed by atoms with van der Waals surface area (Å²) in [7, 11) is 5.04. The van der Waals surface area contributed by atoms with Crippen LogP contribution in [0.15, 0.2) is 0 Å². The van der Waals surface area contributed by atoms with Crippen molar-refractivity contribution in [3.63, 3.8) is 0 Å². The average molecular weight is 439 g/mol. The first kappa shape index (κ1) is 21.3. The lowest BCUT2D eigenvalue weighted by atomic mass is 9.41. The molecular formula is C24H38O7. The first-order valence-electron chi connectivity index (χ1n) is 12.0. The van der Waals surface area contributed by atoms with Crippen molar-refractivity contribution in [3.05, 3.63) is 0 Å². The van der Waals surface area contributed by atoms with Crippen LogP contribution in [0.4, 0.5) is 0 Å². The van der Waals surface area contributed by atoms with Gasteiger partial charge in [-0.2, -0.15) is 0 Å². The maximum Gasteiger partial charge on any atom is 0.0822 e. The minimum absolute atomic E-state index is 0.120. The highest BCUT2D eigenvalue weighted by Crippen LogP contribution is 2.90. The van der Waals surface area contributed by atoms with Crippen molar-refractivity contribution < 1.29 is 34.6 Å². The SMILES string of the molecule is CC[C@@]12C[C@@]3(COC)CC[C@H](O)[C@@]14[C@H]3[C@H](OC)[C@H]2[C@]1(O)C[C@@H](OC)[C@H]2C[C@]4(O)[C@H]1[C@@H]2O. The molecule has 6 saturated carbocycles. The molecule has 1 spiro atoms. The standard InChI is InChI=1S/C24H38O7/c1-5-21-10-20(11-29-2)7-6-14(25)24(21)18(20)16(31-4)19(21)22(27)9-13(30-3)12-8-23(24,28)17(22)15(12)26/h12-19,25-28H,5-11H2,1-4H3/t12-,13-,14+,15-,16+,17+,18+,19-,20-,21+,22+,23+,24-/m1/s1. The molecule has 7 bridgehead atoms. The Morgan fingerprint density at radius 2 is 1.71 bits per heavy atom. The smallest absolute Gasteiger partial charge is 0.0822 e. The Bertz CT molecular complexity index is 792. The Balaban J connectivity index is 1.68. The van der Waals surface area contributed by atoms with Gasteiger partial charge in [0.15, 0.2) is 0 Å². The van der Waals surface area contributed by atoms with Gasteiger partial charge in [0.25, 0.3) is 0 Å². The summed E-state index contributed by atoms with van der Waals surface area (Å²) in [6.45, 7) is 2.70. The van der Waals surface area contributed by atoms with Gasteiger partial charge in [-0.3, -0.25) is 0 Å². The zero-order valence-corrected chi connectivity index (χ0v) is 19.1. The molecule has 0 saturated heterocycles. The van der Waals surface area contributed by atoms with E-state index in [4.69, 9.17) is 14.2 Å². The molecule has 0 heterocycles. The molecule has 4 N–H and O–H groups in total. The van der Waals surface area contributed by atoms with Gasteiger partial charge in [0.05, 0.1) is 42.2 Å². The lowest BCUT2D eigenvalue weighted by molar-refractivity contribution is -0.314. The summed E-state index contributed by atoms with van der Waals surface area (Å²) in [5.41, 5.74) is -4.19. The summed E-state index contributed by atoms with van der Waals surface area (Å²) in [6.07, 6.45) is 1.54. The van der Waals surface area contributed by atoms with Crippen LogP contribution < -0.4 is 0 Å². The summed E-state index contributed by atoms with van der Waals surface area (Å²) in [5, 5.41) is 48.4. The van der Waals surface area contributed by atoms with E-state index in [-0.39, 0.29) is 35.4 Å². The topological polar surface area (TPSA) is 109 Å². The molecule has 6 rings (SSSR count). The largest absolute Gasteiger partial charge is 0.392 e. The average Bonchev–Trinajstić information content (AvgIpc) is 3.21. The summed E-state index contributed by atoms with van der Waals surface area (Å²) >= 11 is 0. The number of aliphatic hydroxyl groups excluding tert-OH is 2. The van der Waals surface area contributed by atoms with E-state index in [2.05, 4.69) is 6.92 Å². The van der Waals surface area contributed by atoms with Gasteiger partial charge in [0.1, 0.15) is 0 Å². The van der Waals surface area contributed by atoms with E-state index in [1.54, 1.807) is 21.3 Å². The number of ether oxygens (including phenoxy) is 3. The zero-order valence-electron chi connectivity index (χ0n) is 19.1. The molecule has 0 radical (unpaired) electrons. The molecular weight excluding hydrogens is 400 g/mol. The van der Waals surface area contributed by atoms with Crippen molar-refractivity contribution in [3.8, 4) is 0 Å². The first-order chi connectivity index (χ1) is 14.7. The second-order valence-electron chi connectivity index (χ2n) is 11.8. The summed E-state index contributed by atoms with van der Waals surface area (Å²) in [5.74, 6) is -1.33. The van der Waals surface area contributed by atoms with E-state index in [0.29, 0.717) is 25.9 Å². The minimum atomic E-state index is -1.38. The molecule has 0 unspecified atom stereocenters. The molecule has 7 heteroatoms. The fourth-order valence-electron chi connectivity index (χ4n) is 11.6. The van der Waals surface area contributed by atoms with Gasteiger partial charge < -0.3 is 34.6 Å². The van der Waals surface area contributed by atoms with Crippen LogP contribution in [-0.2, 0) is 14.2 Å². The van der Waals surface area contributed by atoms with E-state index in [9.17, 15) is 20.4 Å². The molecule has 0 amide bonds. The lowest BCUT2D eigenvalue weighted by Crippen LogP contribution is -2.75. The van der Waals surface area contributed by atoms with Crippen LogP contribution >= 0.6 is 0 Å². The molecule has 6 fully saturated rings. The number of hydrogen-bond acceptors (Lipinski definition) is 7. The highest BCUT2D eigenvalue weighted by atomic mass is 16.5. The van der Waals surface area contributed by atoms with Gasteiger partial charge in [-0.15, -0.1) is 0 Å². The summed E-state index contributed by atoms with van der Waals surface area (Å²) in [6, 6.07) is 0. The van der Waals surface area contributed by atoms with Crippen LogP contribution in [0.3, 0.4) is 0 Å². The van der Waals surface area contributed by atoms with Crippen molar-refractivity contribution >= 4 is 0 Å².